The van der Waals surface area contributed by atoms with Gasteiger partial charge in [-0.15, -0.1) is 0 Å². The number of carboxylic acids is 1. The van der Waals surface area contributed by atoms with E-state index < -0.39 is 23.3 Å². The third-order valence-electron chi connectivity index (χ3n) is 2.28. The zero-order valence-corrected chi connectivity index (χ0v) is 11.5. The van der Waals surface area contributed by atoms with Crippen molar-refractivity contribution >= 4 is 27.8 Å². The molecule has 0 aliphatic carbocycles. The predicted octanol–water partition coefficient (Wildman–Crippen LogP) is 2.01. The Morgan fingerprint density at radius 2 is 2.06 bits per heavy atom. The number of halogens is 1. The number of carbonyl (C=O) groups excluding carboxylic acids is 1. The summed E-state index contributed by atoms with van der Waals surface area (Å²) in [6, 6.07) is 0.661. The number of rotatable bonds is 3. The number of aliphatic carboxylic acids is 1. The van der Waals surface area contributed by atoms with Crippen molar-refractivity contribution in [1.82, 2.24) is 10.3 Å². The van der Waals surface area contributed by atoms with E-state index in [2.05, 4.69) is 26.2 Å². The molecular formula is C11H15BrN2O3. The number of carbonyl (C=O) groups is 2. The number of hydrogen-bond donors (Lipinski definition) is 3. The summed E-state index contributed by atoms with van der Waals surface area (Å²) in [4.78, 5) is 25.6. The molecule has 0 saturated heterocycles. The van der Waals surface area contributed by atoms with Gasteiger partial charge in [-0.05, 0) is 27.4 Å². The first kappa shape index (κ1) is 13.8. The number of nitrogens with one attached hydrogen (secondary N) is 2. The maximum absolute atomic E-state index is 11.8. The number of amides is 1. The lowest BCUT2D eigenvalue weighted by Gasteiger charge is -2.27. The largest absolute Gasteiger partial charge is 0.480 e. The first-order valence-corrected chi connectivity index (χ1v) is 5.88. The number of H-pyrrole nitrogens is 1. The van der Waals surface area contributed by atoms with Gasteiger partial charge in [0.15, 0.2) is 0 Å². The molecule has 1 unspecified atom stereocenters. The fourth-order valence-corrected chi connectivity index (χ4v) is 1.70. The standard InChI is InChI=1S/C11H15BrN2O3/c1-11(2,3)8(10(16)17)14-9(15)7-4-6(12)5-13-7/h4-5,8,13H,1-3H3,(H,14,15)(H,16,17). The van der Waals surface area contributed by atoms with Crippen LogP contribution in [0.4, 0.5) is 0 Å². The highest BCUT2D eigenvalue weighted by Crippen LogP contribution is 2.20. The van der Waals surface area contributed by atoms with E-state index in [1.807, 2.05) is 0 Å². The van der Waals surface area contributed by atoms with Gasteiger partial charge in [-0.25, -0.2) is 4.79 Å². The number of aromatic amines is 1. The number of carboxylic acid groups (broad SMARTS) is 1. The molecule has 1 heterocycles. The summed E-state index contributed by atoms with van der Waals surface area (Å²) >= 11 is 3.21. The van der Waals surface area contributed by atoms with Gasteiger partial charge in [-0.3, -0.25) is 4.79 Å². The first-order valence-electron chi connectivity index (χ1n) is 5.09. The zero-order valence-electron chi connectivity index (χ0n) is 9.87. The lowest BCUT2D eigenvalue weighted by Crippen LogP contribution is -2.49. The lowest BCUT2D eigenvalue weighted by molar-refractivity contribution is -0.142. The highest BCUT2D eigenvalue weighted by atomic mass is 79.9. The molecular weight excluding hydrogens is 288 g/mol. The monoisotopic (exact) mass is 302 g/mol. The molecule has 0 radical (unpaired) electrons. The summed E-state index contributed by atoms with van der Waals surface area (Å²) in [6.45, 7) is 5.28. The normalized spacial score (nSPS) is 13.2. The number of aromatic nitrogens is 1. The molecule has 1 amide bonds. The van der Waals surface area contributed by atoms with Crippen LogP contribution in [0.1, 0.15) is 31.3 Å². The second-order valence-electron chi connectivity index (χ2n) is 4.84. The third-order valence-corrected chi connectivity index (χ3v) is 2.74. The molecule has 1 rings (SSSR count). The highest BCUT2D eigenvalue weighted by Gasteiger charge is 2.32. The van der Waals surface area contributed by atoms with Gasteiger partial charge in [-0.2, -0.15) is 0 Å². The van der Waals surface area contributed by atoms with E-state index in [4.69, 9.17) is 5.11 Å². The SMILES string of the molecule is CC(C)(C)C(NC(=O)c1cc(Br)c[nH]1)C(=O)O. The maximum Gasteiger partial charge on any atom is 0.326 e. The molecule has 3 N–H and O–H groups in total. The van der Waals surface area contributed by atoms with E-state index >= 15 is 0 Å². The van der Waals surface area contributed by atoms with Crippen molar-refractivity contribution in [1.29, 1.82) is 0 Å². The Bertz CT molecular complexity index is 434. The summed E-state index contributed by atoms with van der Waals surface area (Å²) < 4.78 is 0.741. The Labute approximate surface area is 108 Å². The van der Waals surface area contributed by atoms with Crippen molar-refractivity contribution in [3.8, 4) is 0 Å². The minimum absolute atomic E-state index is 0.326. The van der Waals surface area contributed by atoms with E-state index in [-0.39, 0.29) is 0 Å². The van der Waals surface area contributed by atoms with E-state index in [0.29, 0.717) is 5.69 Å². The van der Waals surface area contributed by atoms with Crippen molar-refractivity contribution < 1.29 is 14.7 Å². The van der Waals surface area contributed by atoms with Crippen LogP contribution in [-0.4, -0.2) is 28.0 Å². The van der Waals surface area contributed by atoms with E-state index in [0.717, 1.165) is 4.47 Å². The fourth-order valence-electron chi connectivity index (χ4n) is 1.36. The summed E-state index contributed by atoms with van der Waals surface area (Å²) in [5.74, 6) is -1.48. The van der Waals surface area contributed by atoms with Crippen molar-refractivity contribution in [3.63, 3.8) is 0 Å². The molecule has 6 heteroatoms. The molecule has 0 aliphatic rings. The van der Waals surface area contributed by atoms with Crippen molar-refractivity contribution in [2.75, 3.05) is 0 Å². The minimum atomic E-state index is -1.04. The Morgan fingerprint density at radius 1 is 1.47 bits per heavy atom. The van der Waals surface area contributed by atoms with Gasteiger partial charge < -0.3 is 15.4 Å². The van der Waals surface area contributed by atoms with Crippen LogP contribution in [0.5, 0.6) is 0 Å². The van der Waals surface area contributed by atoms with E-state index in [9.17, 15) is 9.59 Å². The molecule has 0 bridgehead atoms. The lowest BCUT2D eigenvalue weighted by atomic mass is 9.86. The van der Waals surface area contributed by atoms with Crippen LogP contribution in [0.3, 0.4) is 0 Å². The average molecular weight is 303 g/mol. The summed E-state index contributed by atoms with van der Waals surface area (Å²) in [6.07, 6.45) is 1.61. The van der Waals surface area contributed by atoms with Gasteiger partial charge >= 0.3 is 5.97 Å². The Balaban J connectivity index is 2.82. The van der Waals surface area contributed by atoms with Crippen LogP contribution < -0.4 is 5.32 Å². The first-order chi connectivity index (χ1) is 7.71. The fraction of sp³-hybridized carbons (Fsp3) is 0.455. The summed E-state index contributed by atoms with van der Waals surface area (Å²) in [7, 11) is 0. The van der Waals surface area contributed by atoms with Gasteiger partial charge in [0, 0.05) is 10.7 Å². The smallest absolute Gasteiger partial charge is 0.326 e. The van der Waals surface area contributed by atoms with E-state index in [1.54, 1.807) is 33.0 Å². The topological polar surface area (TPSA) is 82.2 Å². The third kappa shape index (κ3) is 3.59. The molecule has 0 aromatic carbocycles. The molecule has 0 spiro atoms. The quantitative estimate of drug-likeness (QED) is 0.799. The maximum atomic E-state index is 11.8. The summed E-state index contributed by atoms with van der Waals surface area (Å²) in [5.41, 5.74) is -0.224. The van der Waals surface area contributed by atoms with Crippen LogP contribution in [-0.2, 0) is 4.79 Å². The minimum Gasteiger partial charge on any atom is -0.480 e. The van der Waals surface area contributed by atoms with Gasteiger partial charge in [0.05, 0.1) is 0 Å². The zero-order chi connectivity index (χ0) is 13.2. The van der Waals surface area contributed by atoms with Crippen LogP contribution in [0.2, 0.25) is 0 Å². The van der Waals surface area contributed by atoms with Gasteiger partial charge in [0.1, 0.15) is 11.7 Å². The second kappa shape index (κ2) is 4.91. The van der Waals surface area contributed by atoms with Crippen LogP contribution in [0.15, 0.2) is 16.7 Å². The van der Waals surface area contributed by atoms with Crippen molar-refractivity contribution in [3.05, 3.63) is 22.4 Å². The molecule has 0 saturated carbocycles. The summed E-state index contributed by atoms with van der Waals surface area (Å²) in [5, 5.41) is 11.6. The van der Waals surface area contributed by atoms with Crippen molar-refractivity contribution in [2.24, 2.45) is 5.41 Å². The second-order valence-corrected chi connectivity index (χ2v) is 5.76. The number of hydrogen-bond acceptors (Lipinski definition) is 2. The molecule has 1 aromatic heterocycles. The molecule has 17 heavy (non-hydrogen) atoms. The van der Waals surface area contributed by atoms with Crippen LogP contribution in [0.25, 0.3) is 0 Å². The molecule has 0 aliphatic heterocycles. The Morgan fingerprint density at radius 3 is 2.41 bits per heavy atom. The van der Waals surface area contributed by atoms with Crippen LogP contribution in [0, 0.1) is 5.41 Å². The Kier molecular flexibility index (Phi) is 3.98. The van der Waals surface area contributed by atoms with Crippen LogP contribution >= 0.6 is 15.9 Å². The molecule has 94 valence electrons. The highest BCUT2D eigenvalue weighted by molar-refractivity contribution is 9.10. The molecule has 1 atom stereocenters. The van der Waals surface area contributed by atoms with E-state index in [1.165, 1.54) is 0 Å². The Hall–Kier alpha value is -1.30. The molecule has 0 fully saturated rings. The van der Waals surface area contributed by atoms with Gasteiger partial charge in [-0.1, -0.05) is 20.8 Å². The van der Waals surface area contributed by atoms with Gasteiger partial charge in [0.25, 0.3) is 5.91 Å². The molecule has 5 nitrogen and oxygen atoms in total. The predicted molar refractivity (Wildman–Crippen MR) is 66.8 cm³/mol. The average Bonchev–Trinajstić information content (AvgIpc) is 2.58. The van der Waals surface area contributed by atoms with Gasteiger partial charge in [0.2, 0.25) is 0 Å². The molecule has 1 aromatic rings. The van der Waals surface area contributed by atoms with Crippen molar-refractivity contribution in [2.45, 2.75) is 26.8 Å².